The van der Waals surface area contributed by atoms with Gasteiger partial charge < -0.3 is 61.6 Å². The van der Waals surface area contributed by atoms with Crippen molar-refractivity contribution in [1.29, 1.82) is 0 Å². The van der Waals surface area contributed by atoms with Gasteiger partial charge in [-0.3, -0.25) is 14.5 Å². The van der Waals surface area contributed by atoms with Crippen molar-refractivity contribution in [3.63, 3.8) is 0 Å². The Morgan fingerprint density at radius 3 is 1.00 bits per heavy atom. The predicted octanol–water partition coefficient (Wildman–Crippen LogP) is 1.36. The molecule has 0 bridgehead atoms. The minimum atomic E-state index is -0.350. The summed E-state index contributed by atoms with van der Waals surface area (Å²) < 4.78 is 73.2. The first-order chi connectivity index (χ1) is 28.3. The van der Waals surface area contributed by atoms with Crippen molar-refractivity contribution in [3.8, 4) is 0 Å². The first kappa shape index (κ1) is 51.6. The molecule has 1 aliphatic heterocycles. The lowest BCUT2D eigenvalue weighted by Gasteiger charge is -2.17. The van der Waals surface area contributed by atoms with Gasteiger partial charge >= 0.3 is 0 Å². The Hall–Kier alpha value is -2.50. The molecule has 19 heteroatoms. The van der Waals surface area contributed by atoms with E-state index < -0.39 is 0 Å². The second-order valence-electron chi connectivity index (χ2n) is 13.8. The molecular weight excluding hydrogens is 764 g/mol. The Morgan fingerprint density at radius 2 is 0.707 bits per heavy atom. The van der Waals surface area contributed by atoms with Gasteiger partial charge in [0.05, 0.1) is 184 Å². The molecule has 0 saturated heterocycles. The Morgan fingerprint density at radius 1 is 0.431 bits per heavy atom. The minimum absolute atomic E-state index is 0.0950. The van der Waals surface area contributed by atoms with Gasteiger partial charge in [-0.25, -0.2) is 4.68 Å². The molecule has 0 spiro atoms. The average molecular weight is 835 g/mol. The van der Waals surface area contributed by atoms with Gasteiger partial charge in [-0.1, -0.05) is 26.0 Å². The molecule has 0 aromatic carbocycles. The summed E-state index contributed by atoms with van der Waals surface area (Å²) in [6.07, 6.45) is 5.21. The molecule has 19 nitrogen and oxygen atoms in total. The van der Waals surface area contributed by atoms with Crippen LogP contribution in [0.3, 0.4) is 0 Å². The summed E-state index contributed by atoms with van der Waals surface area (Å²) in [5, 5.41) is 7.98. The van der Waals surface area contributed by atoms with Gasteiger partial charge in [-0.15, -0.1) is 5.10 Å². The van der Waals surface area contributed by atoms with Gasteiger partial charge in [0.1, 0.15) is 5.69 Å². The summed E-state index contributed by atoms with van der Waals surface area (Å²) in [7, 11) is 0. The highest BCUT2D eigenvalue weighted by atomic mass is 16.6. The molecular formula is C39H70N4O15. The SMILES string of the molecule is CC(C)(C)CCOCCOCCOCCOCCOCCOCCOCCOCCOCCOCCOCCOCCOCCn1cc(CN2C(=O)C=CC2=O)nn1. The molecule has 0 fully saturated rings. The normalized spacial score (nSPS) is 13.2. The lowest BCUT2D eigenvalue weighted by atomic mass is 9.93. The molecule has 2 rings (SSSR count). The van der Waals surface area contributed by atoms with Gasteiger partial charge in [0, 0.05) is 18.8 Å². The molecule has 1 aromatic rings. The Kier molecular flexibility index (Phi) is 32.4. The third kappa shape index (κ3) is 31.4. The summed E-state index contributed by atoms with van der Waals surface area (Å²) in [5.41, 5.74) is 0.827. The van der Waals surface area contributed by atoms with Crippen LogP contribution < -0.4 is 0 Å². The molecule has 0 saturated carbocycles. The molecule has 0 atom stereocenters. The number of carbonyl (C=O) groups excluding carboxylic acids is 2. The molecule has 0 radical (unpaired) electrons. The van der Waals surface area contributed by atoms with Crippen molar-refractivity contribution in [2.75, 3.05) is 172 Å². The lowest BCUT2D eigenvalue weighted by Crippen LogP contribution is -2.29. The van der Waals surface area contributed by atoms with Crippen LogP contribution in [0.1, 0.15) is 32.9 Å². The van der Waals surface area contributed by atoms with Crippen LogP contribution in [-0.4, -0.2) is 203 Å². The van der Waals surface area contributed by atoms with E-state index in [1.54, 1.807) is 10.9 Å². The van der Waals surface area contributed by atoms with Crippen LogP contribution in [0.15, 0.2) is 18.3 Å². The average Bonchev–Trinajstić information content (AvgIpc) is 3.79. The topological polar surface area (TPSA) is 188 Å². The minimum Gasteiger partial charge on any atom is -0.379 e. The van der Waals surface area contributed by atoms with Crippen molar-refractivity contribution in [1.82, 2.24) is 19.9 Å². The van der Waals surface area contributed by atoms with Gasteiger partial charge in [-0.2, -0.15) is 0 Å². The summed E-state index contributed by atoms with van der Waals surface area (Å²) in [4.78, 5) is 24.4. The van der Waals surface area contributed by atoms with Crippen LogP contribution in [0.2, 0.25) is 0 Å². The quantitative estimate of drug-likeness (QED) is 0.0677. The van der Waals surface area contributed by atoms with E-state index >= 15 is 0 Å². The zero-order chi connectivity index (χ0) is 41.6. The van der Waals surface area contributed by atoms with E-state index in [2.05, 4.69) is 31.1 Å². The Balaban J connectivity index is 1.15. The fraction of sp³-hybridized carbons (Fsp3) is 0.846. The number of aromatic nitrogens is 3. The largest absolute Gasteiger partial charge is 0.379 e. The number of amides is 2. The van der Waals surface area contributed by atoms with E-state index in [1.807, 2.05) is 0 Å². The summed E-state index contributed by atoms with van der Waals surface area (Å²) in [6.45, 7) is 20.4. The second-order valence-corrected chi connectivity index (χ2v) is 13.8. The first-order valence-corrected chi connectivity index (χ1v) is 20.3. The van der Waals surface area contributed by atoms with Crippen LogP contribution in [0.4, 0.5) is 0 Å². The lowest BCUT2D eigenvalue weighted by molar-refractivity contribution is -0.137. The van der Waals surface area contributed by atoms with Gasteiger partial charge in [0.2, 0.25) is 0 Å². The molecule has 1 aliphatic rings. The number of rotatable bonds is 43. The zero-order valence-electron chi connectivity index (χ0n) is 35.2. The third-order valence-corrected chi connectivity index (χ3v) is 7.73. The predicted molar refractivity (Wildman–Crippen MR) is 209 cm³/mol. The van der Waals surface area contributed by atoms with Gasteiger partial charge in [0.25, 0.3) is 11.8 Å². The van der Waals surface area contributed by atoms with Crippen LogP contribution in [0.25, 0.3) is 0 Å². The van der Waals surface area contributed by atoms with E-state index in [0.717, 1.165) is 17.9 Å². The molecule has 0 N–H and O–H groups in total. The second kappa shape index (κ2) is 36.4. The summed E-state index contributed by atoms with van der Waals surface area (Å²) >= 11 is 0. The van der Waals surface area contributed by atoms with E-state index in [4.69, 9.17) is 61.6 Å². The number of ether oxygens (including phenoxy) is 13. The fourth-order valence-corrected chi connectivity index (χ4v) is 4.55. The highest BCUT2D eigenvalue weighted by Crippen LogP contribution is 2.17. The van der Waals surface area contributed by atoms with Crippen molar-refractivity contribution in [2.24, 2.45) is 5.41 Å². The van der Waals surface area contributed by atoms with Crippen LogP contribution >= 0.6 is 0 Å². The fourth-order valence-electron chi connectivity index (χ4n) is 4.55. The number of hydrogen-bond acceptors (Lipinski definition) is 17. The highest BCUT2D eigenvalue weighted by Gasteiger charge is 2.24. The Labute approximate surface area is 344 Å². The van der Waals surface area contributed by atoms with E-state index in [9.17, 15) is 9.59 Å². The molecule has 336 valence electrons. The number of hydrogen-bond donors (Lipinski definition) is 0. The molecule has 1 aromatic heterocycles. The number of imide groups is 1. The van der Waals surface area contributed by atoms with E-state index in [1.165, 1.54) is 12.2 Å². The Bertz CT molecular complexity index is 1140. The number of nitrogens with zero attached hydrogens (tertiary/aromatic N) is 4. The van der Waals surface area contributed by atoms with Crippen molar-refractivity contribution >= 4 is 11.8 Å². The molecule has 2 amide bonds. The number of carbonyl (C=O) groups is 2. The molecule has 58 heavy (non-hydrogen) atoms. The molecule has 0 unspecified atom stereocenters. The van der Waals surface area contributed by atoms with E-state index in [-0.39, 0.29) is 18.4 Å². The van der Waals surface area contributed by atoms with Crippen LogP contribution in [-0.2, 0) is 84.3 Å². The van der Waals surface area contributed by atoms with Crippen molar-refractivity contribution < 1.29 is 71.2 Å². The maximum Gasteiger partial charge on any atom is 0.253 e. The summed E-state index contributed by atoms with van der Waals surface area (Å²) in [5.74, 6) is -0.699. The zero-order valence-corrected chi connectivity index (χ0v) is 35.2. The van der Waals surface area contributed by atoms with Crippen molar-refractivity contribution in [2.45, 2.75) is 40.3 Å². The van der Waals surface area contributed by atoms with Crippen molar-refractivity contribution in [3.05, 3.63) is 24.0 Å². The third-order valence-electron chi connectivity index (χ3n) is 7.73. The molecule has 2 heterocycles. The maximum absolute atomic E-state index is 11.6. The van der Waals surface area contributed by atoms with Crippen LogP contribution in [0, 0.1) is 5.41 Å². The van der Waals surface area contributed by atoms with Crippen LogP contribution in [0.5, 0.6) is 0 Å². The highest BCUT2D eigenvalue weighted by molar-refractivity contribution is 6.12. The maximum atomic E-state index is 11.6. The first-order valence-electron chi connectivity index (χ1n) is 20.3. The van der Waals surface area contributed by atoms with Gasteiger partial charge in [-0.05, 0) is 11.8 Å². The molecule has 0 aliphatic carbocycles. The standard InChI is InChI=1S/C39H70N4O15/c1-39(2,3)6-8-46-10-12-48-14-16-50-18-20-52-22-24-54-26-28-56-30-32-58-33-31-57-29-27-55-25-23-53-21-19-51-17-15-49-13-11-47-9-7-42-34-36(40-41-42)35-43-37(44)4-5-38(43)45/h4-5,34H,6-33,35H2,1-3H3. The van der Waals surface area contributed by atoms with E-state index in [0.29, 0.717) is 183 Å². The van der Waals surface area contributed by atoms with Gasteiger partial charge in [0.15, 0.2) is 0 Å². The summed E-state index contributed by atoms with van der Waals surface area (Å²) in [6, 6.07) is 0. The monoisotopic (exact) mass is 834 g/mol. The smallest absolute Gasteiger partial charge is 0.253 e.